The maximum absolute atomic E-state index is 12.2. The van der Waals surface area contributed by atoms with Crippen molar-refractivity contribution in [2.24, 2.45) is 5.92 Å². The predicted molar refractivity (Wildman–Crippen MR) is 73.8 cm³/mol. The number of hydrogen-bond donors (Lipinski definition) is 2. The molecule has 0 aliphatic rings. The van der Waals surface area contributed by atoms with Gasteiger partial charge < -0.3 is 15.8 Å². The number of ether oxygens (including phenoxy) is 1. The van der Waals surface area contributed by atoms with Crippen LogP contribution in [-0.2, 0) is 0 Å². The fraction of sp³-hybridized carbons (Fsp3) is 0.500. The van der Waals surface area contributed by atoms with Crippen molar-refractivity contribution in [3.63, 3.8) is 0 Å². The SMILES string of the molecule is CCC(C)C(C)NC(=O)c1cc(N)ccc1OC. The van der Waals surface area contributed by atoms with Crippen LogP contribution in [0.1, 0.15) is 37.6 Å². The van der Waals surface area contributed by atoms with Crippen LogP contribution < -0.4 is 15.8 Å². The molecule has 0 aliphatic carbocycles. The van der Waals surface area contributed by atoms with E-state index < -0.39 is 0 Å². The van der Waals surface area contributed by atoms with Gasteiger partial charge >= 0.3 is 0 Å². The molecule has 0 bridgehead atoms. The molecule has 0 aliphatic heterocycles. The highest BCUT2D eigenvalue weighted by molar-refractivity contribution is 5.98. The van der Waals surface area contributed by atoms with Crippen molar-refractivity contribution in [2.45, 2.75) is 33.2 Å². The van der Waals surface area contributed by atoms with Crippen molar-refractivity contribution in [3.8, 4) is 5.75 Å². The summed E-state index contributed by atoms with van der Waals surface area (Å²) in [6.07, 6.45) is 1.02. The number of nitrogens with two attached hydrogens (primary N) is 1. The second-order valence-corrected chi connectivity index (χ2v) is 4.61. The Balaban J connectivity index is 2.87. The fourth-order valence-corrected chi connectivity index (χ4v) is 1.68. The minimum atomic E-state index is -0.146. The normalized spacial score (nSPS) is 13.8. The molecule has 2 unspecified atom stereocenters. The van der Waals surface area contributed by atoms with Gasteiger partial charge in [-0.3, -0.25) is 4.79 Å². The lowest BCUT2D eigenvalue weighted by molar-refractivity contribution is 0.0925. The molecule has 1 aromatic carbocycles. The maximum atomic E-state index is 12.2. The number of anilines is 1. The monoisotopic (exact) mass is 250 g/mol. The largest absolute Gasteiger partial charge is 0.496 e. The van der Waals surface area contributed by atoms with Crippen molar-refractivity contribution in [2.75, 3.05) is 12.8 Å². The van der Waals surface area contributed by atoms with Gasteiger partial charge in [-0.1, -0.05) is 20.3 Å². The van der Waals surface area contributed by atoms with Gasteiger partial charge in [-0.25, -0.2) is 0 Å². The van der Waals surface area contributed by atoms with Gasteiger partial charge in [0.25, 0.3) is 5.91 Å². The van der Waals surface area contributed by atoms with Crippen molar-refractivity contribution in [3.05, 3.63) is 23.8 Å². The van der Waals surface area contributed by atoms with Gasteiger partial charge in [0.2, 0.25) is 0 Å². The molecule has 0 heterocycles. The van der Waals surface area contributed by atoms with Crippen molar-refractivity contribution in [1.29, 1.82) is 0 Å². The lowest BCUT2D eigenvalue weighted by Gasteiger charge is -2.20. The molecule has 3 N–H and O–H groups in total. The van der Waals surface area contributed by atoms with Gasteiger partial charge in [0.15, 0.2) is 0 Å². The Labute approximate surface area is 109 Å². The van der Waals surface area contributed by atoms with Crippen LogP contribution in [0, 0.1) is 5.92 Å². The number of rotatable bonds is 5. The average molecular weight is 250 g/mol. The molecule has 1 rings (SSSR count). The summed E-state index contributed by atoms with van der Waals surface area (Å²) in [6.45, 7) is 6.22. The standard InChI is InChI=1S/C14H22N2O2/c1-5-9(2)10(3)16-14(17)12-8-11(15)6-7-13(12)18-4/h6-10H,5,15H2,1-4H3,(H,16,17). The zero-order valence-corrected chi connectivity index (χ0v) is 11.5. The van der Waals surface area contributed by atoms with Gasteiger partial charge in [0.05, 0.1) is 12.7 Å². The van der Waals surface area contributed by atoms with Crippen LogP contribution in [0.5, 0.6) is 5.75 Å². The number of carbonyl (C=O) groups is 1. The quantitative estimate of drug-likeness (QED) is 0.789. The zero-order chi connectivity index (χ0) is 13.7. The van der Waals surface area contributed by atoms with Crippen molar-refractivity contribution in [1.82, 2.24) is 5.32 Å². The Bertz CT molecular complexity index is 418. The van der Waals surface area contributed by atoms with E-state index in [0.717, 1.165) is 6.42 Å². The van der Waals surface area contributed by atoms with E-state index in [0.29, 0.717) is 22.9 Å². The first-order chi connectivity index (χ1) is 8.49. The van der Waals surface area contributed by atoms with Crippen LogP contribution in [0.15, 0.2) is 18.2 Å². The molecule has 0 spiro atoms. The summed E-state index contributed by atoms with van der Waals surface area (Å²) < 4.78 is 5.17. The molecule has 0 saturated carbocycles. The third kappa shape index (κ3) is 3.39. The number of amides is 1. The van der Waals surface area contributed by atoms with Crippen LogP contribution in [0.25, 0.3) is 0 Å². The smallest absolute Gasteiger partial charge is 0.255 e. The molecular formula is C14H22N2O2. The number of nitrogen functional groups attached to an aromatic ring is 1. The average Bonchev–Trinajstić information content (AvgIpc) is 2.37. The van der Waals surface area contributed by atoms with E-state index in [2.05, 4.69) is 19.2 Å². The van der Waals surface area contributed by atoms with Gasteiger partial charge in [0.1, 0.15) is 5.75 Å². The Morgan fingerprint density at radius 3 is 2.67 bits per heavy atom. The van der Waals surface area contributed by atoms with Crippen LogP contribution in [0.3, 0.4) is 0 Å². The molecule has 4 heteroatoms. The number of hydrogen-bond acceptors (Lipinski definition) is 3. The first kappa shape index (κ1) is 14.4. The molecule has 1 amide bonds. The summed E-state index contributed by atoms with van der Waals surface area (Å²) in [7, 11) is 1.54. The summed E-state index contributed by atoms with van der Waals surface area (Å²) in [5.74, 6) is 0.825. The highest BCUT2D eigenvalue weighted by Crippen LogP contribution is 2.21. The lowest BCUT2D eigenvalue weighted by Crippen LogP contribution is -2.37. The minimum absolute atomic E-state index is 0.119. The Morgan fingerprint density at radius 1 is 1.44 bits per heavy atom. The Hall–Kier alpha value is -1.71. The van der Waals surface area contributed by atoms with Crippen LogP contribution in [0.2, 0.25) is 0 Å². The van der Waals surface area contributed by atoms with Crippen LogP contribution in [-0.4, -0.2) is 19.1 Å². The topological polar surface area (TPSA) is 64.4 Å². The van der Waals surface area contributed by atoms with Crippen LogP contribution >= 0.6 is 0 Å². The minimum Gasteiger partial charge on any atom is -0.496 e. The van der Waals surface area contributed by atoms with E-state index in [4.69, 9.17) is 10.5 Å². The second-order valence-electron chi connectivity index (χ2n) is 4.61. The predicted octanol–water partition coefficient (Wildman–Crippen LogP) is 2.44. The van der Waals surface area contributed by atoms with E-state index in [1.165, 1.54) is 0 Å². The van der Waals surface area contributed by atoms with Crippen LogP contribution in [0.4, 0.5) is 5.69 Å². The molecule has 0 fully saturated rings. The second kappa shape index (κ2) is 6.28. The highest BCUT2D eigenvalue weighted by Gasteiger charge is 2.17. The van der Waals surface area contributed by atoms with Gasteiger partial charge in [0, 0.05) is 11.7 Å². The first-order valence-electron chi connectivity index (χ1n) is 6.24. The molecule has 0 saturated heterocycles. The number of nitrogens with one attached hydrogen (secondary N) is 1. The summed E-state index contributed by atoms with van der Waals surface area (Å²) in [6, 6.07) is 5.18. The van der Waals surface area contributed by atoms with E-state index >= 15 is 0 Å². The molecule has 2 atom stereocenters. The van der Waals surface area contributed by atoms with E-state index in [-0.39, 0.29) is 11.9 Å². The molecule has 0 radical (unpaired) electrons. The Kier molecular flexibility index (Phi) is 5.01. The van der Waals surface area contributed by atoms with Crippen molar-refractivity contribution >= 4 is 11.6 Å². The molecule has 1 aromatic rings. The zero-order valence-electron chi connectivity index (χ0n) is 11.5. The third-order valence-corrected chi connectivity index (χ3v) is 3.32. The van der Waals surface area contributed by atoms with E-state index in [1.807, 2.05) is 6.92 Å². The van der Waals surface area contributed by atoms with Crippen molar-refractivity contribution < 1.29 is 9.53 Å². The Morgan fingerprint density at radius 2 is 2.11 bits per heavy atom. The number of carbonyl (C=O) groups excluding carboxylic acids is 1. The van der Waals surface area contributed by atoms with E-state index in [9.17, 15) is 4.79 Å². The summed E-state index contributed by atoms with van der Waals surface area (Å²) in [5.41, 5.74) is 6.73. The summed E-state index contributed by atoms with van der Waals surface area (Å²) in [4.78, 5) is 12.2. The molecule has 100 valence electrons. The first-order valence-corrected chi connectivity index (χ1v) is 6.24. The number of methoxy groups -OCH3 is 1. The van der Waals surface area contributed by atoms with E-state index in [1.54, 1.807) is 25.3 Å². The van der Waals surface area contributed by atoms with Gasteiger partial charge in [-0.2, -0.15) is 0 Å². The highest BCUT2D eigenvalue weighted by atomic mass is 16.5. The van der Waals surface area contributed by atoms with Gasteiger partial charge in [-0.05, 0) is 31.0 Å². The molecule has 0 aromatic heterocycles. The summed E-state index contributed by atoms with van der Waals surface area (Å²) >= 11 is 0. The third-order valence-electron chi connectivity index (χ3n) is 3.32. The molecular weight excluding hydrogens is 228 g/mol. The lowest BCUT2D eigenvalue weighted by atomic mass is 10.0. The molecule has 4 nitrogen and oxygen atoms in total. The maximum Gasteiger partial charge on any atom is 0.255 e. The number of benzene rings is 1. The van der Waals surface area contributed by atoms with Gasteiger partial charge in [-0.15, -0.1) is 0 Å². The summed E-state index contributed by atoms with van der Waals surface area (Å²) in [5, 5.41) is 2.97. The fourth-order valence-electron chi connectivity index (χ4n) is 1.68. The molecule has 18 heavy (non-hydrogen) atoms.